The summed E-state index contributed by atoms with van der Waals surface area (Å²) in [5.74, 6) is -0.459. The Kier molecular flexibility index (Phi) is 6.71. The molecule has 0 unspecified atom stereocenters. The summed E-state index contributed by atoms with van der Waals surface area (Å²) in [6.45, 7) is 3.48. The number of amides is 2. The second-order valence-electron chi connectivity index (χ2n) is 5.53. The van der Waals surface area contributed by atoms with Crippen LogP contribution in [0.25, 0.3) is 0 Å². The van der Waals surface area contributed by atoms with Gasteiger partial charge in [-0.25, -0.2) is 0 Å². The van der Waals surface area contributed by atoms with E-state index < -0.39 is 0 Å². The Labute approximate surface area is 161 Å². The molecule has 0 aliphatic heterocycles. The monoisotopic (exact) mass is 398 g/mol. The Balaban J connectivity index is 2.05. The Morgan fingerprint density at radius 3 is 2.40 bits per heavy atom. The van der Waals surface area contributed by atoms with Crippen LogP contribution in [0.2, 0.25) is 15.1 Å². The molecule has 0 atom stereocenters. The zero-order valence-corrected chi connectivity index (χ0v) is 16.0. The Hall–Kier alpha value is -1.75. The second kappa shape index (κ2) is 8.56. The van der Waals surface area contributed by atoms with E-state index in [0.717, 1.165) is 5.56 Å². The summed E-state index contributed by atoms with van der Waals surface area (Å²) >= 11 is 18.2. The standard InChI is InChI=1S/C18H17Cl3N2O2/c1-11-3-5-14(10-16(11)21)22-18(25)7-8-23(12(2)24)17-9-13(19)4-6-15(17)20/h3-6,9-10H,7-8H2,1-2H3,(H,22,25). The number of aryl methyl sites for hydroxylation is 1. The molecule has 0 saturated heterocycles. The highest BCUT2D eigenvalue weighted by atomic mass is 35.5. The largest absolute Gasteiger partial charge is 0.326 e. The number of benzene rings is 2. The smallest absolute Gasteiger partial charge is 0.226 e. The van der Waals surface area contributed by atoms with Crippen LogP contribution in [0.4, 0.5) is 11.4 Å². The third-order valence-corrected chi connectivity index (χ3v) is 4.56. The Bertz CT molecular complexity index is 809. The summed E-state index contributed by atoms with van der Waals surface area (Å²) in [6.07, 6.45) is 0.105. The molecule has 0 saturated carbocycles. The van der Waals surface area contributed by atoms with Crippen molar-refractivity contribution in [2.24, 2.45) is 0 Å². The van der Waals surface area contributed by atoms with E-state index in [4.69, 9.17) is 34.8 Å². The summed E-state index contributed by atoms with van der Waals surface area (Å²) in [6, 6.07) is 10.1. The number of hydrogen-bond acceptors (Lipinski definition) is 2. The molecular weight excluding hydrogens is 383 g/mol. The van der Waals surface area contributed by atoms with Gasteiger partial charge in [-0.05, 0) is 42.8 Å². The molecule has 0 radical (unpaired) electrons. The predicted molar refractivity (Wildman–Crippen MR) is 104 cm³/mol. The molecule has 2 aromatic rings. The van der Waals surface area contributed by atoms with E-state index in [1.807, 2.05) is 13.0 Å². The maximum atomic E-state index is 12.2. The number of halogens is 3. The number of nitrogens with one attached hydrogen (secondary N) is 1. The van der Waals surface area contributed by atoms with Crippen molar-refractivity contribution in [3.05, 3.63) is 57.0 Å². The molecule has 0 spiro atoms. The molecule has 0 heterocycles. The van der Waals surface area contributed by atoms with Crippen molar-refractivity contribution in [2.45, 2.75) is 20.3 Å². The summed E-state index contributed by atoms with van der Waals surface area (Å²) in [5, 5.41) is 4.20. The van der Waals surface area contributed by atoms with Gasteiger partial charge in [-0.1, -0.05) is 40.9 Å². The lowest BCUT2D eigenvalue weighted by Crippen LogP contribution is -2.32. The van der Waals surface area contributed by atoms with Crippen molar-refractivity contribution in [1.82, 2.24) is 0 Å². The van der Waals surface area contributed by atoms with Gasteiger partial charge >= 0.3 is 0 Å². The lowest BCUT2D eigenvalue weighted by Gasteiger charge is -2.22. The van der Waals surface area contributed by atoms with Crippen LogP contribution in [0.1, 0.15) is 18.9 Å². The van der Waals surface area contributed by atoms with Crippen molar-refractivity contribution in [3.8, 4) is 0 Å². The van der Waals surface area contributed by atoms with Gasteiger partial charge in [0, 0.05) is 35.6 Å². The molecule has 2 aromatic carbocycles. The quantitative estimate of drug-likeness (QED) is 0.738. The fraction of sp³-hybridized carbons (Fsp3) is 0.222. The van der Waals surface area contributed by atoms with Crippen LogP contribution < -0.4 is 10.2 Å². The third-order valence-electron chi connectivity index (χ3n) is 3.60. The molecule has 2 amide bonds. The minimum absolute atomic E-state index is 0.105. The van der Waals surface area contributed by atoms with E-state index in [1.54, 1.807) is 30.3 Å². The summed E-state index contributed by atoms with van der Waals surface area (Å²) in [7, 11) is 0. The summed E-state index contributed by atoms with van der Waals surface area (Å²) in [4.78, 5) is 25.5. The number of anilines is 2. The maximum Gasteiger partial charge on any atom is 0.226 e. The minimum Gasteiger partial charge on any atom is -0.326 e. The number of carbonyl (C=O) groups excluding carboxylic acids is 2. The minimum atomic E-state index is -0.232. The zero-order chi connectivity index (χ0) is 18.6. The van der Waals surface area contributed by atoms with E-state index in [0.29, 0.717) is 26.4 Å². The number of rotatable bonds is 5. The van der Waals surface area contributed by atoms with E-state index in [1.165, 1.54) is 11.8 Å². The van der Waals surface area contributed by atoms with Crippen molar-refractivity contribution >= 4 is 58.0 Å². The molecule has 1 N–H and O–H groups in total. The molecule has 0 aliphatic carbocycles. The van der Waals surface area contributed by atoms with Crippen LogP contribution in [0.3, 0.4) is 0 Å². The number of hydrogen-bond donors (Lipinski definition) is 1. The van der Waals surface area contributed by atoms with Gasteiger partial charge in [0.25, 0.3) is 0 Å². The molecule has 7 heteroatoms. The molecule has 0 aliphatic rings. The Morgan fingerprint density at radius 1 is 1.04 bits per heavy atom. The molecule has 0 bridgehead atoms. The number of carbonyl (C=O) groups is 2. The fourth-order valence-corrected chi connectivity index (χ4v) is 2.81. The molecule has 0 fully saturated rings. The summed E-state index contributed by atoms with van der Waals surface area (Å²) < 4.78 is 0. The third kappa shape index (κ3) is 5.36. The fourth-order valence-electron chi connectivity index (χ4n) is 2.25. The second-order valence-corrected chi connectivity index (χ2v) is 6.78. The first-order valence-electron chi connectivity index (χ1n) is 7.57. The van der Waals surface area contributed by atoms with E-state index in [2.05, 4.69) is 5.32 Å². The first-order chi connectivity index (χ1) is 11.8. The van der Waals surface area contributed by atoms with Crippen LogP contribution in [-0.2, 0) is 9.59 Å². The normalized spacial score (nSPS) is 10.4. The summed E-state index contributed by atoms with van der Waals surface area (Å²) in [5.41, 5.74) is 2.02. The molecular formula is C18H17Cl3N2O2. The molecule has 0 aromatic heterocycles. The number of nitrogens with zero attached hydrogens (tertiary/aromatic N) is 1. The highest BCUT2D eigenvalue weighted by Gasteiger charge is 2.17. The lowest BCUT2D eigenvalue weighted by molar-refractivity contribution is -0.117. The highest BCUT2D eigenvalue weighted by molar-refractivity contribution is 6.35. The molecule has 4 nitrogen and oxygen atoms in total. The van der Waals surface area contributed by atoms with Gasteiger partial charge in [0.05, 0.1) is 10.7 Å². The van der Waals surface area contributed by atoms with Crippen LogP contribution in [0.5, 0.6) is 0 Å². The van der Waals surface area contributed by atoms with Gasteiger partial charge in [-0.3, -0.25) is 9.59 Å². The van der Waals surface area contributed by atoms with Crippen molar-refractivity contribution < 1.29 is 9.59 Å². The van der Waals surface area contributed by atoms with E-state index >= 15 is 0 Å². The van der Waals surface area contributed by atoms with Gasteiger partial charge in [-0.15, -0.1) is 0 Å². The lowest BCUT2D eigenvalue weighted by atomic mass is 10.2. The van der Waals surface area contributed by atoms with E-state index in [-0.39, 0.29) is 24.8 Å². The predicted octanol–water partition coefficient (Wildman–Crippen LogP) is 5.34. The molecule has 25 heavy (non-hydrogen) atoms. The first-order valence-corrected chi connectivity index (χ1v) is 8.70. The molecule has 132 valence electrons. The van der Waals surface area contributed by atoms with Crippen LogP contribution in [-0.4, -0.2) is 18.4 Å². The van der Waals surface area contributed by atoms with Gasteiger partial charge in [-0.2, -0.15) is 0 Å². The zero-order valence-electron chi connectivity index (χ0n) is 13.8. The van der Waals surface area contributed by atoms with Crippen LogP contribution >= 0.6 is 34.8 Å². The topological polar surface area (TPSA) is 49.4 Å². The van der Waals surface area contributed by atoms with Crippen molar-refractivity contribution in [2.75, 3.05) is 16.8 Å². The van der Waals surface area contributed by atoms with Gasteiger partial charge in [0.1, 0.15) is 0 Å². The Morgan fingerprint density at radius 2 is 1.76 bits per heavy atom. The average molecular weight is 400 g/mol. The van der Waals surface area contributed by atoms with E-state index in [9.17, 15) is 9.59 Å². The van der Waals surface area contributed by atoms with Gasteiger partial charge < -0.3 is 10.2 Å². The first kappa shape index (κ1) is 19.6. The highest BCUT2D eigenvalue weighted by Crippen LogP contribution is 2.29. The molecule has 2 rings (SSSR count). The van der Waals surface area contributed by atoms with Crippen LogP contribution in [0, 0.1) is 6.92 Å². The van der Waals surface area contributed by atoms with Gasteiger partial charge in [0.15, 0.2) is 0 Å². The van der Waals surface area contributed by atoms with Crippen molar-refractivity contribution in [1.29, 1.82) is 0 Å². The van der Waals surface area contributed by atoms with Crippen LogP contribution in [0.15, 0.2) is 36.4 Å². The van der Waals surface area contributed by atoms with Crippen molar-refractivity contribution in [3.63, 3.8) is 0 Å². The average Bonchev–Trinajstić information content (AvgIpc) is 2.54. The van der Waals surface area contributed by atoms with Gasteiger partial charge in [0.2, 0.25) is 11.8 Å². The SMILES string of the molecule is CC(=O)N(CCC(=O)Nc1ccc(C)c(Cl)c1)c1cc(Cl)ccc1Cl. The maximum absolute atomic E-state index is 12.2.